The number of nitrogens with one attached hydrogen (secondary N) is 1. The molecular weight excluding hydrogens is 372 g/mol. The van der Waals surface area contributed by atoms with Gasteiger partial charge >= 0.3 is 0 Å². The lowest BCUT2D eigenvalue weighted by molar-refractivity contribution is 0.586. The quantitative estimate of drug-likeness (QED) is 0.489. The highest BCUT2D eigenvalue weighted by molar-refractivity contribution is 5.61. The second-order valence-corrected chi connectivity index (χ2v) is 6.29. The van der Waals surface area contributed by atoms with Gasteiger partial charge in [0.05, 0.1) is 11.9 Å². The number of para-hydroxylation sites is 1. The van der Waals surface area contributed by atoms with E-state index in [0.717, 1.165) is 23.4 Å². The molecule has 0 amide bonds. The van der Waals surface area contributed by atoms with E-state index in [2.05, 4.69) is 20.5 Å². The maximum absolute atomic E-state index is 14.0. The third-order valence-corrected chi connectivity index (χ3v) is 4.25. The highest BCUT2D eigenvalue weighted by atomic mass is 19.1. The first-order valence-corrected chi connectivity index (χ1v) is 8.97. The molecular formula is C22H17F2N5. The standard InChI is InChI=1S/C22H17F2N5/c23-17-11-12-20(19(24)13-17)26-22-27-21(14-25-28-22)29(18-9-5-2-6-10-18)15-16-7-3-1-4-8-16/h1-14H,15H2,(H,26,27,28). The van der Waals surface area contributed by atoms with Crippen molar-refractivity contribution in [3.05, 3.63) is 102 Å². The Balaban J connectivity index is 1.66. The van der Waals surface area contributed by atoms with Crippen molar-refractivity contribution in [2.75, 3.05) is 10.2 Å². The van der Waals surface area contributed by atoms with Crippen LogP contribution in [0.5, 0.6) is 0 Å². The van der Waals surface area contributed by atoms with Crippen molar-refractivity contribution in [2.24, 2.45) is 0 Å². The Morgan fingerprint density at radius 2 is 1.59 bits per heavy atom. The Morgan fingerprint density at radius 3 is 2.31 bits per heavy atom. The van der Waals surface area contributed by atoms with Crippen LogP contribution in [-0.2, 0) is 6.54 Å². The molecule has 4 aromatic rings. The van der Waals surface area contributed by atoms with Crippen LogP contribution in [0, 0.1) is 11.6 Å². The van der Waals surface area contributed by atoms with Gasteiger partial charge in [-0.1, -0.05) is 48.5 Å². The van der Waals surface area contributed by atoms with Gasteiger partial charge in [-0.3, -0.25) is 0 Å². The van der Waals surface area contributed by atoms with Gasteiger partial charge < -0.3 is 10.2 Å². The van der Waals surface area contributed by atoms with Crippen molar-refractivity contribution in [1.82, 2.24) is 15.2 Å². The third kappa shape index (κ3) is 4.52. The molecule has 0 saturated heterocycles. The van der Waals surface area contributed by atoms with Gasteiger partial charge in [0, 0.05) is 18.3 Å². The minimum absolute atomic E-state index is 0.0691. The lowest BCUT2D eigenvalue weighted by atomic mass is 10.2. The zero-order valence-corrected chi connectivity index (χ0v) is 15.3. The molecule has 4 rings (SSSR count). The summed E-state index contributed by atoms with van der Waals surface area (Å²) in [6.07, 6.45) is 1.54. The molecule has 144 valence electrons. The van der Waals surface area contributed by atoms with Gasteiger partial charge in [0.15, 0.2) is 5.82 Å². The topological polar surface area (TPSA) is 53.9 Å². The molecule has 1 aromatic heterocycles. The number of hydrogen-bond donors (Lipinski definition) is 1. The maximum Gasteiger partial charge on any atom is 0.249 e. The molecule has 7 heteroatoms. The minimum atomic E-state index is -0.733. The van der Waals surface area contributed by atoms with Crippen LogP contribution in [0.1, 0.15) is 5.56 Å². The molecule has 0 aliphatic heterocycles. The summed E-state index contributed by atoms with van der Waals surface area (Å²) in [6.45, 7) is 0.563. The third-order valence-electron chi connectivity index (χ3n) is 4.25. The number of anilines is 4. The molecule has 0 atom stereocenters. The van der Waals surface area contributed by atoms with E-state index in [-0.39, 0.29) is 11.6 Å². The van der Waals surface area contributed by atoms with Crippen molar-refractivity contribution in [2.45, 2.75) is 6.54 Å². The van der Waals surface area contributed by atoms with Gasteiger partial charge in [0.2, 0.25) is 5.95 Å². The summed E-state index contributed by atoms with van der Waals surface area (Å²) in [5, 5.41) is 10.7. The molecule has 29 heavy (non-hydrogen) atoms. The van der Waals surface area contributed by atoms with E-state index in [0.29, 0.717) is 12.4 Å². The zero-order chi connectivity index (χ0) is 20.1. The molecule has 5 nitrogen and oxygen atoms in total. The summed E-state index contributed by atoms with van der Waals surface area (Å²) < 4.78 is 27.1. The van der Waals surface area contributed by atoms with E-state index in [9.17, 15) is 8.78 Å². The normalized spacial score (nSPS) is 10.6. The molecule has 0 unspecified atom stereocenters. The molecule has 0 aliphatic rings. The molecule has 1 N–H and O–H groups in total. The summed E-state index contributed by atoms with van der Waals surface area (Å²) in [5.74, 6) is -0.732. The number of aromatic nitrogens is 3. The summed E-state index contributed by atoms with van der Waals surface area (Å²) in [5.41, 5.74) is 2.09. The van der Waals surface area contributed by atoms with Gasteiger partial charge in [0.25, 0.3) is 0 Å². The SMILES string of the molecule is Fc1ccc(Nc2nncc(N(Cc3ccccc3)c3ccccc3)n2)c(F)c1. The fourth-order valence-corrected chi connectivity index (χ4v) is 2.87. The molecule has 0 bridgehead atoms. The highest BCUT2D eigenvalue weighted by Crippen LogP contribution is 2.26. The van der Waals surface area contributed by atoms with Crippen LogP contribution in [0.25, 0.3) is 0 Å². The first kappa shape index (κ1) is 18.5. The summed E-state index contributed by atoms with van der Waals surface area (Å²) >= 11 is 0. The van der Waals surface area contributed by atoms with Crippen molar-refractivity contribution >= 4 is 23.1 Å². The first-order valence-electron chi connectivity index (χ1n) is 8.97. The Hall–Kier alpha value is -3.87. The number of rotatable bonds is 6. The molecule has 0 fully saturated rings. The molecule has 0 radical (unpaired) electrons. The predicted molar refractivity (Wildman–Crippen MR) is 108 cm³/mol. The van der Waals surface area contributed by atoms with Crippen LogP contribution in [0.3, 0.4) is 0 Å². The van der Waals surface area contributed by atoms with E-state index < -0.39 is 11.6 Å². The number of nitrogens with zero attached hydrogens (tertiary/aromatic N) is 4. The summed E-state index contributed by atoms with van der Waals surface area (Å²) in [4.78, 5) is 6.47. The largest absolute Gasteiger partial charge is 0.321 e. The molecule has 0 saturated carbocycles. The molecule has 0 aliphatic carbocycles. The highest BCUT2D eigenvalue weighted by Gasteiger charge is 2.14. The Kier molecular flexibility index (Phi) is 5.38. The van der Waals surface area contributed by atoms with Crippen LogP contribution < -0.4 is 10.2 Å². The number of hydrogen-bond acceptors (Lipinski definition) is 5. The zero-order valence-electron chi connectivity index (χ0n) is 15.3. The fourth-order valence-electron chi connectivity index (χ4n) is 2.87. The molecule has 0 spiro atoms. The van der Waals surface area contributed by atoms with E-state index >= 15 is 0 Å². The van der Waals surface area contributed by atoms with Gasteiger partial charge in [-0.2, -0.15) is 10.1 Å². The summed E-state index contributed by atoms with van der Waals surface area (Å²) in [7, 11) is 0. The average Bonchev–Trinajstić information content (AvgIpc) is 2.76. The van der Waals surface area contributed by atoms with Crippen LogP contribution in [0.2, 0.25) is 0 Å². The van der Waals surface area contributed by atoms with Crippen molar-refractivity contribution < 1.29 is 8.78 Å². The first-order chi connectivity index (χ1) is 14.2. The van der Waals surface area contributed by atoms with E-state index in [1.807, 2.05) is 65.6 Å². The van der Waals surface area contributed by atoms with E-state index in [1.165, 1.54) is 6.07 Å². The van der Waals surface area contributed by atoms with Crippen molar-refractivity contribution in [1.29, 1.82) is 0 Å². The van der Waals surface area contributed by atoms with Crippen molar-refractivity contribution in [3.8, 4) is 0 Å². The van der Waals surface area contributed by atoms with Gasteiger partial charge in [-0.05, 0) is 29.8 Å². The monoisotopic (exact) mass is 389 g/mol. The maximum atomic E-state index is 14.0. The van der Waals surface area contributed by atoms with Crippen LogP contribution in [0.4, 0.5) is 31.9 Å². The van der Waals surface area contributed by atoms with Gasteiger partial charge in [-0.25, -0.2) is 8.78 Å². The van der Waals surface area contributed by atoms with Gasteiger partial charge in [0.1, 0.15) is 11.6 Å². The number of benzene rings is 3. The summed E-state index contributed by atoms with van der Waals surface area (Å²) in [6, 6.07) is 23.0. The van der Waals surface area contributed by atoms with Crippen LogP contribution in [-0.4, -0.2) is 15.2 Å². The smallest absolute Gasteiger partial charge is 0.249 e. The Morgan fingerprint density at radius 1 is 0.862 bits per heavy atom. The van der Waals surface area contributed by atoms with E-state index in [4.69, 9.17) is 0 Å². The van der Waals surface area contributed by atoms with E-state index in [1.54, 1.807) is 6.20 Å². The van der Waals surface area contributed by atoms with Crippen LogP contribution in [0.15, 0.2) is 85.1 Å². The molecule has 3 aromatic carbocycles. The second-order valence-electron chi connectivity index (χ2n) is 6.29. The minimum Gasteiger partial charge on any atom is -0.321 e. The van der Waals surface area contributed by atoms with Gasteiger partial charge in [-0.15, -0.1) is 5.10 Å². The molecule has 1 heterocycles. The fraction of sp³-hybridized carbons (Fsp3) is 0.0455. The number of halogens is 2. The van der Waals surface area contributed by atoms with Crippen LogP contribution >= 0.6 is 0 Å². The Labute approximate surface area is 166 Å². The Bertz CT molecular complexity index is 1090. The average molecular weight is 389 g/mol. The second kappa shape index (κ2) is 8.43. The van der Waals surface area contributed by atoms with Crippen molar-refractivity contribution in [3.63, 3.8) is 0 Å². The lowest BCUT2D eigenvalue weighted by Gasteiger charge is -2.24. The predicted octanol–water partition coefficient (Wildman–Crippen LogP) is 5.23. The lowest BCUT2D eigenvalue weighted by Crippen LogP contribution is -2.18.